The Morgan fingerprint density at radius 2 is 0.933 bits per heavy atom. The summed E-state index contributed by atoms with van der Waals surface area (Å²) < 4.78 is 33.0. The number of rotatable bonds is 9. The summed E-state index contributed by atoms with van der Waals surface area (Å²) in [7, 11) is 6.18. The number of hydrogen-bond acceptors (Lipinski definition) is 8. The van der Waals surface area contributed by atoms with Crippen LogP contribution in [0.15, 0.2) is 24.3 Å². The molecular weight excluding hydrogens is 392 g/mol. The SMILES string of the molecule is COc1cc(C(O)C2CO2)cc(OC)c1-c1c(OC)cc(C(O)C2CO2)cc1OC. The highest BCUT2D eigenvalue weighted by Crippen LogP contribution is 2.50. The highest BCUT2D eigenvalue weighted by Gasteiger charge is 2.36. The summed E-state index contributed by atoms with van der Waals surface area (Å²) in [6.07, 6.45) is -2.00. The number of ether oxygens (including phenoxy) is 6. The molecule has 0 radical (unpaired) electrons. The minimum absolute atomic E-state index is 0.222. The molecule has 8 nitrogen and oxygen atoms in total. The van der Waals surface area contributed by atoms with Gasteiger partial charge in [-0.15, -0.1) is 0 Å². The van der Waals surface area contributed by atoms with Crippen molar-refractivity contribution < 1.29 is 38.6 Å². The topological polar surface area (TPSA) is 102 Å². The predicted molar refractivity (Wildman–Crippen MR) is 107 cm³/mol. The summed E-state index contributed by atoms with van der Waals surface area (Å²) in [6, 6.07) is 7.02. The van der Waals surface area contributed by atoms with Crippen molar-refractivity contribution >= 4 is 0 Å². The fourth-order valence-corrected chi connectivity index (χ4v) is 3.60. The summed E-state index contributed by atoms with van der Waals surface area (Å²) >= 11 is 0. The van der Waals surface area contributed by atoms with Crippen LogP contribution in [0.1, 0.15) is 23.3 Å². The number of benzene rings is 2. The van der Waals surface area contributed by atoms with Gasteiger partial charge in [-0.25, -0.2) is 0 Å². The zero-order valence-corrected chi connectivity index (χ0v) is 17.4. The molecule has 0 spiro atoms. The Morgan fingerprint density at radius 1 is 0.667 bits per heavy atom. The van der Waals surface area contributed by atoms with Gasteiger partial charge < -0.3 is 38.6 Å². The minimum atomic E-state index is -0.776. The third-order valence-corrected chi connectivity index (χ3v) is 5.41. The first-order valence-electron chi connectivity index (χ1n) is 9.63. The van der Waals surface area contributed by atoms with Gasteiger partial charge in [-0.3, -0.25) is 0 Å². The Bertz CT molecular complexity index is 794. The molecule has 8 heteroatoms. The van der Waals surface area contributed by atoms with Crippen LogP contribution in [0.5, 0.6) is 23.0 Å². The summed E-state index contributed by atoms with van der Waals surface area (Å²) in [6.45, 7) is 1.04. The minimum Gasteiger partial charge on any atom is -0.496 e. The first kappa shape index (κ1) is 20.7. The van der Waals surface area contributed by atoms with Crippen LogP contribution >= 0.6 is 0 Å². The lowest BCUT2D eigenvalue weighted by Gasteiger charge is -2.22. The molecule has 30 heavy (non-hydrogen) atoms. The van der Waals surface area contributed by atoms with Gasteiger partial charge in [0, 0.05) is 0 Å². The number of methoxy groups -OCH3 is 4. The smallest absolute Gasteiger partial charge is 0.131 e. The van der Waals surface area contributed by atoms with Crippen molar-refractivity contribution in [3.8, 4) is 34.1 Å². The molecule has 2 N–H and O–H groups in total. The largest absolute Gasteiger partial charge is 0.496 e. The second kappa shape index (κ2) is 8.31. The lowest BCUT2D eigenvalue weighted by Crippen LogP contribution is -2.08. The molecule has 2 fully saturated rings. The van der Waals surface area contributed by atoms with Crippen LogP contribution in [-0.2, 0) is 9.47 Å². The third kappa shape index (κ3) is 3.79. The van der Waals surface area contributed by atoms with Crippen LogP contribution in [-0.4, -0.2) is 64.1 Å². The summed E-state index contributed by atoms with van der Waals surface area (Å²) in [4.78, 5) is 0. The van der Waals surface area contributed by atoms with E-state index in [1.54, 1.807) is 52.7 Å². The van der Waals surface area contributed by atoms with Crippen molar-refractivity contribution in [2.75, 3.05) is 41.7 Å². The number of aliphatic hydroxyl groups excluding tert-OH is 2. The van der Waals surface area contributed by atoms with Crippen LogP contribution in [0.25, 0.3) is 11.1 Å². The number of aliphatic hydroxyl groups is 2. The number of epoxide rings is 2. The molecule has 4 atom stereocenters. The van der Waals surface area contributed by atoms with E-state index in [2.05, 4.69) is 0 Å². The quantitative estimate of drug-likeness (QED) is 0.598. The van der Waals surface area contributed by atoms with Crippen molar-refractivity contribution in [3.05, 3.63) is 35.4 Å². The average molecular weight is 418 g/mol. The molecule has 4 unspecified atom stereocenters. The van der Waals surface area contributed by atoms with Gasteiger partial charge >= 0.3 is 0 Å². The van der Waals surface area contributed by atoms with Gasteiger partial charge in [0.05, 0.1) is 52.8 Å². The molecule has 0 aliphatic carbocycles. The highest BCUT2D eigenvalue weighted by molar-refractivity contribution is 5.86. The molecule has 0 aromatic heterocycles. The Labute approximate surface area is 174 Å². The number of hydrogen-bond donors (Lipinski definition) is 2. The fourth-order valence-electron chi connectivity index (χ4n) is 3.60. The van der Waals surface area contributed by atoms with Crippen molar-refractivity contribution in [1.82, 2.24) is 0 Å². The first-order chi connectivity index (χ1) is 14.5. The molecular formula is C22H26O8. The van der Waals surface area contributed by atoms with E-state index < -0.39 is 12.2 Å². The van der Waals surface area contributed by atoms with Crippen LogP contribution < -0.4 is 18.9 Å². The molecule has 2 aromatic carbocycles. The lowest BCUT2D eigenvalue weighted by molar-refractivity contribution is 0.136. The maximum Gasteiger partial charge on any atom is 0.131 e. The predicted octanol–water partition coefficient (Wildman–Crippen LogP) is 2.25. The van der Waals surface area contributed by atoms with E-state index in [9.17, 15) is 10.2 Å². The zero-order valence-electron chi connectivity index (χ0n) is 17.4. The van der Waals surface area contributed by atoms with Crippen molar-refractivity contribution in [1.29, 1.82) is 0 Å². The van der Waals surface area contributed by atoms with Gasteiger partial charge in [-0.05, 0) is 35.4 Å². The monoisotopic (exact) mass is 418 g/mol. The van der Waals surface area contributed by atoms with Crippen LogP contribution in [0, 0.1) is 0 Å². The summed E-state index contributed by atoms with van der Waals surface area (Å²) in [5.74, 6) is 1.94. The molecule has 2 saturated heterocycles. The molecule has 0 saturated carbocycles. The Balaban J connectivity index is 1.87. The van der Waals surface area contributed by atoms with Crippen LogP contribution in [0.4, 0.5) is 0 Å². The molecule has 2 aliphatic rings. The van der Waals surface area contributed by atoms with E-state index in [1.165, 1.54) is 0 Å². The van der Waals surface area contributed by atoms with E-state index in [1.807, 2.05) is 0 Å². The summed E-state index contributed by atoms with van der Waals surface area (Å²) in [5.41, 5.74) is 2.49. The standard InChI is InChI=1S/C22H26O8/c1-25-13-5-11(21(23)17-9-29-17)6-14(26-2)19(13)20-15(27-3)7-12(8-16(20)28-4)22(24)18-10-30-18/h5-8,17-18,21-24H,9-10H2,1-4H3. The second-order valence-electron chi connectivity index (χ2n) is 7.23. The van der Waals surface area contributed by atoms with Crippen molar-refractivity contribution in [2.45, 2.75) is 24.4 Å². The van der Waals surface area contributed by atoms with Crippen LogP contribution in [0.2, 0.25) is 0 Å². The van der Waals surface area contributed by atoms with Gasteiger partial charge in [0.1, 0.15) is 47.4 Å². The van der Waals surface area contributed by atoms with E-state index in [0.29, 0.717) is 58.5 Å². The fraction of sp³-hybridized carbons (Fsp3) is 0.455. The molecule has 0 bridgehead atoms. The van der Waals surface area contributed by atoms with Gasteiger partial charge in [0.25, 0.3) is 0 Å². The van der Waals surface area contributed by atoms with Crippen LogP contribution in [0.3, 0.4) is 0 Å². The van der Waals surface area contributed by atoms with Crippen molar-refractivity contribution in [2.24, 2.45) is 0 Å². The summed E-state index contributed by atoms with van der Waals surface area (Å²) in [5, 5.41) is 21.0. The first-order valence-corrected chi connectivity index (χ1v) is 9.63. The maximum absolute atomic E-state index is 10.5. The zero-order chi connectivity index (χ0) is 21.4. The third-order valence-electron chi connectivity index (χ3n) is 5.41. The molecule has 2 aliphatic heterocycles. The average Bonchev–Trinajstić information content (AvgIpc) is 3.68. The molecule has 162 valence electrons. The Hall–Kier alpha value is -2.52. The molecule has 0 amide bonds. The normalized spacial score (nSPS) is 21.5. The Kier molecular flexibility index (Phi) is 5.75. The van der Waals surface area contributed by atoms with Gasteiger partial charge in [-0.2, -0.15) is 0 Å². The van der Waals surface area contributed by atoms with Gasteiger partial charge in [0.15, 0.2) is 0 Å². The maximum atomic E-state index is 10.5. The van der Waals surface area contributed by atoms with E-state index in [4.69, 9.17) is 28.4 Å². The van der Waals surface area contributed by atoms with E-state index >= 15 is 0 Å². The molecule has 2 aromatic rings. The van der Waals surface area contributed by atoms with Gasteiger partial charge in [-0.1, -0.05) is 0 Å². The van der Waals surface area contributed by atoms with E-state index in [-0.39, 0.29) is 12.2 Å². The lowest BCUT2D eigenvalue weighted by atomic mass is 9.94. The second-order valence-corrected chi connectivity index (χ2v) is 7.23. The highest BCUT2D eigenvalue weighted by atomic mass is 16.6. The molecule has 2 heterocycles. The Morgan fingerprint density at radius 3 is 1.13 bits per heavy atom. The van der Waals surface area contributed by atoms with Gasteiger partial charge in [0.2, 0.25) is 0 Å². The van der Waals surface area contributed by atoms with E-state index in [0.717, 1.165) is 0 Å². The van der Waals surface area contributed by atoms with Crippen molar-refractivity contribution in [3.63, 3.8) is 0 Å². The molecule has 4 rings (SSSR count).